The van der Waals surface area contributed by atoms with Crippen LogP contribution in [-0.4, -0.2) is 40.6 Å². The van der Waals surface area contributed by atoms with Gasteiger partial charge in [0.25, 0.3) is 0 Å². The second-order valence-electron chi connectivity index (χ2n) is 5.55. The van der Waals surface area contributed by atoms with Crippen LogP contribution in [0.1, 0.15) is 46.4 Å². The van der Waals surface area contributed by atoms with Gasteiger partial charge >= 0.3 is 0 Å². The number of hydrogen-bond donors (Lipinski definition) is 1. The number of hydrogen-bond acceptors (Lipinski definition) is 4. The molecule has 0 aliphatic heterocycles. The van der Waals surface area contributed by atoms with Crippen molar-refractivity contribution in [2.75, 3.05) is 19.8 Å². The first-order valence-corrected chi connectivity index (χ1v) is 7.85. The summed E-state index contributed by atoms with van der Waals surface area (Å²) in [6.07, 6.45) is 4.81. The molecule has 1 heterocycles. The molecule has 0 radical (unpaired) electrons. The summed E-state index contributed by atoms with van der Waals surface area (Å²) in [5.41, 5.74) is 0. The zero-order valence-electron chi connectivity index (χ0n) is 13.4. The van der Waals surface area contributed by atoms with Crippen LogP contribution in [0.25, 0.3) is 0 Å². The first-order chi connectivity index (χ1) is 9.67. The highest BCUT2D eigenvalue weighted by Crippen LogP contribution is 2.08. The average molecular weight is 282 g/mol. The van der Waals surface area contributed by atoms with E-state index < -0.39 is 0 Å². The molecule has 1 aromatic heterocycles. The SMILES string of the molecule is CCNC(CCCOCC)Cc1ncnn1CC(C)C. The van der Waals surface area contributed by atoms with E-state index in [1.807, 2.05) is 11.6 Å². The first kappa shape index (κ1) is 17.1. The topological polar surface area (TPSA) is 52.0 Å². The summed E-state index contributed by atoms with van der Waals surface area (Å²) in [5, 5.41) is 7.87. The normalized spacial score (nSPS) is 13.1. The van der Waals surface area contributed by atoms with Gasteiger partial charge in [0.05, 0.1) is 0 Å². The minimum Gasteiger partial charge on any atom is -0.382 e. The van der Waals surface area contributed by atoms with Crippen molar-refractivity contribution in [3.63, 3.8) is 0 Å². The van der Waals surface area contributed by atoms with Crippen LogP contribution < -0.4 is 5.32 Å². The van der Waals surface area contributed by atoms with Gasteiger partial charge < -0.3 is 10.1 Å². The van der Waals surface area contributed by atoms with Crippen LogP contribution in [0.15, 0.2) is 6.33 Å². The Morgan fingerprint density at radius 2 is 2.15 bits per heavy atom. The van der Waals surface area contributed by atoms with Crippen LogP contribution in [-0.2, 0) is 17.7 Å². The minimum absolute atomic E-state index is 0.454. The highest BCUT2D eigenvalue weighted by Gasteiger charge is 2.13. The van der Waals surface area contributed by atoms with Gasteiger partial charge in [-0.25, -0.2) is 9.67 Å². The highest BCUT2D eigenvalue weighted by molar-refractivity contribution is 4.90. The van der Waals surface area contributed by atoms with E-state index in [1.54, 1.807) is 6.33 Å². The van der Waals surface area contributed by atoms with Crippen molar-refractivity contribution in [3.05, 3.63) is 12.2 Å². The van der Waals surface area contributed by atoms with E-state index in [2.05, 4.69) is 36.2 Å². The van der Waals surface area contributed by atoms with Gasteiger partial charge in [-0.2, -0.15) is 5.10 Å². The molecule has 0 saturated heterocycles. The predicted octanol–water partition coefficient (Wildman–Crippen LogP) is 2.27. The number of likely N-dealkylation sites (N-methyl/N-ethyl adjacent to an activating group) is 1. The lowest BCUT2D eigenvalue weighted by molar-refractivity contribution is 0.140. The summed E-state index contributed by atoms with van der Waals surface area (Å²) in [5.74, 6) is 1.67. The fourth-order valence-corrected chi connectivity index (χ4v) is 2.31. The van der Waals surface area contributed by atoms with Crippen molar-refractivity contribution >= 4 is 0 Å². The molecule has 0 aromatic carbocycles. The lowest BCUT2D eigenvalue weighted by atomic mass is 10.1. The van der Waals surface area contributed by atoms with Crippen molar-refractivity contribution in [2.24, 2.45) is 5.92 Å². The molecule has 0 aliphatic carbocycles. The Kier molecular flexibility index (Phi) is 8.46. The maximum Gasteiger partial charge on any atom is 0.138 e. The van der Waals surface area contributed by atoms with E-state index in [0.717, 1.165) is 51.4 Å². The fourth-order valence-electron chi connectivity index (χ4n) is 2.31. The lowest BCUT2D eigenvalue weighted by Crippen LogP contribution is -2.32. The van der Waals surface area contributed by atoms with E-state index in [4.69, 9.17) is 4.74 Å². The predicted molar refractivity (Wildman–Crippen MR) is 81.8 cm³/mol. The third kappa shape index (κ3) is 6.48. The molecule has 0 bridgehead atoms. The maximum atomic E-state index is 5.41. The molecule has 0 amide bonds. The molecule has 0 spiro atoms. The van der Waals surface area contributed by atoms with Crippen LogP contribution in [0.5, 0.6) is 0 Å². The van der Waals surface area contributed by atoms with E-state index in [9.17, 15) is 0 Å². The van der Waals surface area contributed by atoms with Gasteiger partial charge in [-0.15, -0.1) is 0 Å². The molecule has 20 heavy (non-hydrogen) atoms. The second-order valence-corrected chi connectivity index (χ2v) is 5.55. The Bertz CT molecular complexity index is 351. The number of nitrogens with one attached hydrogen (secondary N) is 1. The number of rotatable bonds is 11. The van der Waals surface area contributed by atoms with Crippen molar-refractivity contribution in [2.45, 2.75) is 59.5 Å². The van der Waals surface area contributed by atoms with Crippen LogP contribution in [0.2, 0.25) is 0 Å². The molecule has 1 rings (SSSR count). The minimum atomic E-state index is 0.454. The summed E-state index contributed by atoms with van der Waals surface area (Å²) in [4.78, 5) is 4.42. The van der Waals surface area contributed by atoms with Crippen LogP contribution >= 0.6 is 0 Å². The van der Waals surface area contributed by atoms with Gasteiger partial charge in [-0.1, -0.05) is 20.8 Å². The smallest absolute Gasteiger partial charge is 0.138 e. The van der Waals surface area contributed by atoms with Crippen LogP contribution in [0.4, 0.5) is 0 Å². The number of ether oxygens (including phenoxy) is 1. The Labute approximate surface area is 123 Å². The van der Waals surface area contributed by atoms with Crippen LogP contribution in [0.3, 0.4) is 0 Å². The van der Waals surface area contributed by atoms with E-state index in [-0.39, 0.29) is 0 Å². The first-order valence-electron chi connectivity index (χ1n) is 7.85. The largest absolute Gasteiger partial charge is 0.382 e. The maximum absolute atomic E-state index is 5.41. The van der Waals surface area contributed by atoms with Gasteiger partial charge in [-0.3, -0.25) is 0 Å². The molecule has 5 heteroatoms. The summed E-state index contributed by atoms with van der Waals surface area (Å²) in [6.45, 7) is 12.2. The van der Waals surface area contributed by atoms with Crippen molar-refractivity contribution < 1.29 is 4.74 Å². The van der Waals surface area contributed by atoms with Gasteiger partial charge in [0.15, 0.2) is 0 Å². The lowest BCUT2D eigenvalue weighted by Gasteiger charge is -2.18. The molecule has 1 unspecified atom stereocenters. The third-order valence-corrected chi connectivity index (χ3v) is 3.20. The fraction of sp³-hybridized carbons (Fsp3) is 0.867. The summed E-state index contributed by atoms with van der Waals surface area (Å²) >= 11 is 0. The van der Waals surface area contributed by atoms with E-state index in [0.29, 0.717) is 12.0 Å². The molecule has 5 nitrogen and oxygen atoms in total. The molecular weight excluding hydrogens is 252 g/mol. The third-order valence-electron chi connectivity index (χ3n) is 3.20. The summed E-state index contributed by atoms with van der Waals surface area (Å²) in [6, 6.07) is 0.454. The average Bonchev–Trinajstić information content (AvgIpc) is 2.81. The molecule has 1 aromatic rings. The molecule has 1 atom stereocenters. The van der Waals surface area contributed by atoms with E-state index in [1.165, 1.54) is 0 Å². The van der Waals surface area contributed by atoms with Crippen molar-refractivity contribution in [1.29, 1.82) is 0 Å². The Balaban J connectivity index is 2.49. The van der Waals surface area contributed by atoms with Gasteiger partial charge in [0.2, 0.25) is 0 Å². The molecule has 1 N–H and O–H groups in total. The highest BCUT2D eigenvalue weighted by atomic mass is 16.5. The van der Waals surface area contributed by atoms with Crippen LogP contribution in [0, 0.1) is 5.92 Å². The van der Waals surface area contributed by atoms with Crippen molar-refractivity contribution in [3.8, 4) is 0 Å². The van der Waals surface area contributed by atoms with Gasteiger partial charge in [0.1, 0.15) is 12.2 Å². The molecular formula is C15H30N4O. The second kappa shape index (κ2) is 9.88. The molecule has 0 saturated carbocycles. The summed E-state index contributed by atoms with van der Waals surface area (Å²) < 4.78 is 7.45. The quantitative estimate of drug-likeness (QED) is 0.633. The Morgan fingerprint density at radius 1 is 1.35 bits per heavy atom. The zero-order chi connectivity index (χ0) is 14.8. The van der Waals surface area contributed by atoms with Gasteiger partial charge in [0, 0.05) is 32.2 Å². The van der Waals surface area contributed by atoms with E-state index >= 15 is 0 Å². The van der Waals surface area contributed by atoms with Gasteiger partial charge in [-0.05, 0) is 32.2 Å². The number of nitrogens with zero attached hydrogens (tertiary/aromatic N) is 3. The standard InChI is InChI=1S/C15H30N4O/c1-5-16-14(8-7-9-20-6-2)10-15-17-12-18-19(15)11-13(3)4/h12-14,16H,5-11H2,1-4H3. The molecule has 0 fully saturated rings. The molecule has 116 valence electrons. The number of aromatic nitrogens is 3. The monoisotopic (exact) mass is 282 g/mol. The van der Waals surface area contributed by atoms with Crippen molar-refractivity contribution in [1.82, 2.24) is 20.1 Å². The Hall–Kier alpha value is -0.940. The summed E-state index contributed by atoms with van der Waals surface area (Å²) in [7, 11) is 0. The Morgan fingerprint density at radius 3 is 2.80 bits per heavy atom. The molecule has 0 aliphatic rings. The zero-order valence-corrected chi connectivity index (χ0v) is 13.4.